The summed E-state index contributed by atoms with van der Waals surface area (Å²) in [4.78, 5) is 4.90. The fourth-order valence-corrected chi connectivity index (χ4v) is 7.34. The van der Waals surface area contributed by atoms with Crippen LogP contribution in [0.5, 0.6) is 0 Å². The van der Waals surface area contributed by atoms with Gasteiger partial charge in [-0.2, -0.15) is 0 Å². The zero-order chi connectivity index (χ0) is 24.0. The molecular formula is C32H23N3S. The van der Waals surface area contributed by atoms with Crippen molar-refractivity contribution in [2.75, 3.05) is 5.32 Å². The highest BCUT2D eigenvalue weighted by Crippen LogP contribution is 2.47. The summed E-state index contributed by atoms with van der Waals surface area (Å²) in [6.45, 7) is 4.65. The number of thiophene rings is 1. The van der Waals surface area contributed by atoms with Gasteiger partial charge in [-0.05, 0) is 59.7 Å². The van der Waals surface area contributed by atoms with Crippen LogP contribution in [0, 0.1) is 0 Å². The summed E-state index contributed by atoms with van der Waals surface area (Å²) < 4.78 is 5.01. The van der Waals surface area contributed by atoms with Gasteiger partial charge in [-0.1, -0.05) is 56.3 Å². The number of hydrogen-bond acceptors (Lipinski definition) is 3. The van der Waals surface area contributed by atoms with E-state index in [2.05, 4.69) is 109 Å². The van der Waals surface area contributed by atoms with Crippen molar-refractivity contribution >= 4 is 64.8 Å². The topological polar surface area (TPSA) is 29.9 Å². The van der Waals surface area contributed by atoms with Crippen LogP contribution in [0.3, 0.4) is 0 Å². The van der Waals surface area contributed by atoms with Gasteiger partial charge in [0.25, 0.3) is 0 Å². The number of fused-ring (bicyclic) bond motifs is 9. The second-order valence-corrected chi connectivity index (χ2v) is 11.2. The second-order valence-electron chi connectivity index (χ2n) is 10.2. The van der Waals surface area contributed by atoms with Gasteiger partial charge in [0.2, 0.25) is 0 Å². The van der Waals surface area contributed by atoms with E-state index in [4.69, 9.17) is 4.98 Å². The van der Waals surface area contributed by atoms with Gasteiger partial charge < -0.3 is 9.88 Å². The Morgan fingerprint density at radius 2 is 1.58 bits per heavy atom. The van der Waals surface area contributed by atoms with Crippen LogP contribution in [0.1, 0.15) is 25.0 Å². The molecule has 0 fully saturated rings. The predicted octanol–water partition coefficient (Wildman–Crippen LogP) is 8.93. The van der Waals surface area contributed by atoms with Crippen molar-refractivity contribution in [1.29, 1.82) is 0 Å². The molecule has 0 aliphatic carbocycles. The number of anilines is 2. The molecule has 0 spiro atoms. The Balaban J connectivity index is 1.44. The molecule has 0 bridgehead atoms. The molecule has 0 saturated carbocycles. The molecule has 3 aromatic heterocycles. The van der Waals surface area contributed by atoms with Crippen molar-refractivity contribution in [3.05, 3.63) is 108 Å². The maximum absolute atomic E-state index is 4.90. The summed E-state index contributed by atoms with van der Waals surface area (Å²) in [6, 6.07) is 32.9. The van der Waals surface area contributed by atoms with E-state index < -0.39 is 0 Å². The highest BCUT2D eigenvalue weighted by atomic mass is 32.1. The van der Waals surface area contributed by atoms with Crippen LogP contribution >= 0.6 is 11.3 Å². The van der Waals surface area contributed by atoms with Crippen LogP contribution in [0.25, 0.3) is 47.8 Å². The smallest absolute Gasteiger partial charge is 0.0977 e. The van der Waals surface area contributed by atoms with E-state index in [-0.39, 0.29) is 5.41 Å². The number of nitrogens with zero attached hydrogens (tertiary/aromatic N) is 2. The van der Waals surface area contributed by atoms with E-state index >= 15 is 0 Å². The predicted molar refractivity (Wildman–Crippen MR) is 153 cm³/mol. The first-order chi connectivity index (χ1) is 17.6. The minimum Gasteiger partial charge on any atom is -0.355 e. The lowest BCUT2D eigenvalue weighted by Gasteiger charge is -2.36. The Kier molecular flexibility index (Phi) is 3.88. The van der Waals surface area contributed by atoms with Crippen LogP contribution in [-0.4, -0.2) is 9.55 Å². The molecule has 7 aromatic rings. The van der Waals surface area contributed by atoms with Gasteiger partial charge in [0.15, 0.2) is 0 Å². The van der Waals surface area contributed by atoms with Gasteiger partial charge in [-0.3, -0.25) is 4.98 Å². The number of rotatable bonds is 1. The minimum atomic E-state index is -0.108. The zero-order valence-corrected chi connectivity index (χ0v) is 20.9. The molecule has 0 amide bonds. The van der Waals surface area contributed by atoms with Crippen molar-refractivity contribution in [2.24, 2.45) is 0 Å². The monoisotopic (exact) mass is 481 g/mol. The van der Waals surface area contributed by atoms with Crippen LogP contribution in [0.4, 0.5) is 11.4 Å². The third-order valence-corrected chi connectivity index (χ3v) is 9.04. The molecule has 4 heterocycles. The van der Waals surface area contributed by atoms with Gasteiger partial charge in [0.1, 0.15) is 0 Å². The molecule has 8 rings (SSSR count). The van der Waals surface area contributed by atoms with Gasteiger partial charge >= 0.3 is 0 Å². The standard InChI is InChI=1S/C32H23N3S/c1-32(2)22-9-4-5-10-24(22)34-25-15-13-19(18-23(25)32)35-26-16-14-21-20-8-3-6-12-28(20)36-31(21)29(26)30-27(35)11-7-17-33-30/h3-18,34H,1-2H3. The Labute approximate surface area is 212 Å². The lowest BCUT2D eigenvalue weighted by atomic mass is 9.74. The average Bonchev–Trinajstić information content (AvgIpc) is 3.44. The summed E-state index contributed by atoms with van der Waals surface area (Å²) in [5, 5.41) is 7.52. The number of nitrogens with one attached hydrogen (secondary N) is 1. The Bertz CT molecular complexity index is 2010. The number of benzene rings is 4. The van der Waals surface area contributed by atoms with Crippen LogP contribution < -0.4 is 5.32 Å². The van der Waals surface area contributed by atoms with Crippen LogP contribution in [-0.2, 0) is 5.41 Å². The molecule has 1 aliphatic rings. The van der Waals surface area contributed by atoms with Crippen molar-refractivity contribution in [1.82, 2.24) is 9.55 Å². The molecule has 1 N–H and O–H groups in total. The third-order valence-electron chi connectivity index (χ3n) is 7.83. The normalized spacial score (nSPS) is 14.3. The Morgan fingerprint density at radius 3 is 2.53 bits per heavy atom. The first kappa shape index (κ1) is 20.1. The van der Waals surface area contributed by atoms with E-state index in [0.29, 0.717) is 0 Å². The van der Waals surface area contributed by atoms with Crippen molar-refractivity contribution in [3.63, 3.8) is 0 Å². The first-order valence-electron chi connectivity index (χ1n) is 12.3. The molecule has 4 aromatic carbocycles. The number of para-hydroxylation sites is 1. The highest BCUT2D eigenvalue weighted by molar-refractivity contribution is 7.26. The molecular weight excluding hydrogens is 458 g/mol. The number of hydrogen-bond donors (Lipinski definition) is 1. The quantitative estimate of drug-likeness (QED) is 0.254. The van der Waals surface area contributed by atoms with Gasteiger partial charge in [-0.15, -0.1) is 11.3 Å². The van der Waals surface area contributed by atoms with Gasteiger partial charge in [-0.25, -0.2) is 0 Å². The van der Waals surface area contributed by atoms with Crippen LogP contribution in [0.2, 0.25) is 0 Å². The average molecular weight is 482 g/mol. The fourth-order valence-electron chi connectivity index (χ4n) is 6.10. The molecule has 0 saturated heterocycles. The highest BCUT2D eigenvalue weighted by Gasteiger charge is 2.33. The summed E-state index contributed by atoms with van der Waals surface area (Å²) in [7, 11) is 0. The summed E-state index contributed by atoms with van der Waals surface area (Å²) in [5.74, 6) is 0. The summed E-state index contributed by atoms with van der Waals surface area (Å²) in [5.41, 5.74) is 9.45. The maximum atomic E-state index is 4.90. The van der Waals surface area contributed by atoms with Gasteiger partial charge in [0.05, 0.1) is 16.6 Å². The van der Waals surface area contributed by atoms with E-state index in [1.54, 1.807) is 0 Å². The minimum absolute atomic E-state index is 0.108. The van der Waals surface area contributed by atoms with E-state index in [1.165, 1.54) is 53.6 Å². The molecule has 0 radical (unpaired) electrons. The van der Waals surface area contributed by atoms with E-state index in [1.807, 2.05) is 23.6 Å². The Morgan fingerprint density at radius 1 is 0.750 bits per heavy atom. The molecule has 0 unspecified atom stereocenters. The fraction of sp³-hybridized carbons (Fsp3) is 0.0938. The summed E-state index contributed by atoms with van der Waals surface area (Å²) in [6.07, 6.45) is 1.91. The van der Waals surface area contributed by atoms with Crippen molar-refractivity contribution < 1.29 is 0 Å². The maximum Gasteiger partial charge on any atom is 0.0977 e. The molecule has 4 heteroatoms. The lowest BCUT2D eigenvalue weighted by molar-refractivity contribution is 0.637. The third kappa shape index (κ3) is 2.54. The first-order valence-corrected chi connectivity index (χ1v) is 13.1. The molecule has 172 valence electrons. The van der Waals surface area contributed by atoms with E-state index in [9.17, 15) is 0 Å². The second kappa shape index (κ2) is 6.96. The van der Waals surface area contributed by atoms with Gasteiger partial charge in [0, 0.05) is 54.2 Å². The largest absolute Gasteiger partial charge is 0.355 e. The van der Waals surface area contributed by atoms with Crippen molar-refractivity contribution in [2.45, 2.75) is 19.3 Å². The van der Waals surface area contributed by atoms with Crippen molar-refractivity contribution in [3.8, 4) is 5.69 Å². The molecule has 1 aliphatic heterocycles. The number of pyridine rings is 1. The SMILES string of the molecule is CC1(C)c2ccccc2Nc2ccc(-n3c4cccnc4c4c5sc6ccccc6c5ccc43)cc21. The van der Waals surface area contributed by atoms with Crippen LogP contribution in [0.15, 0.2) is 97.2 Å². The lowest BCUT2D eigenvalue weighted by Crippen LogP contribution is -2.26. The Hall–Kier alpha value is -4.15. The number of aromatic nitrogens is 2. The molecule has 3 nitrogen and oxygen atoms in total. The van der Waals surface area contributed by atoms with E-state index in [0.717, 1.165) is 16.7 Å². The molecule has 36 heavy (non-hydrogen) atoms. The zero-order valence-electron chi connectivity index (χ0n) is 20.0. The molecule has 0 atom stereocenters. The summed E-state index contributed by atoms with van der Waals surface area (Å²) >= 11 is 1.87.